The van der Waals surface area contributed by atoms with Crippen LogP contribution in [0.4, 0.5) is 19.0 Å². The lowest BCUT2D eigenvalue weighted by Crippen LogP contribution is -2.39. The van der Waals surface area contributed by atoms with Gasteiger partial charge in [-0.3, -0.25) is 4.79 Å². The van der Waals surface area contributed by atoms with Crippen molar-refractivity contribution in [1.82, 2.24) is 14.9 Å². The molecule has 144 valence electrons. The molecule has 0 bridgehead atoms. The lowest BCUT2D eigenvalue weighted by molar-refractivity contribution is -0.157. The van der Waals surface area contributed by atoms with E-state index in [4.69, 9.17) is 0 Å². The molecule has 1 aromatic heterocycles. The predicted molar refractivity (Wildman–Crippen MR) is 99.6 cm³/mol. The number of hydrogen-bond acceptors (Lipinski definition) is 4. The number of nitrogens with zero attached hydrogens (tertiary/aromatic N) is 3. The lowest BCUT2D eigenvalue weighted by Gasteiger charge is -2.19. The van der Waals surface area contributed by atoms with Crippen molar-refractivity contribution in [3.05, 3.63) is 54.6 Å². The van der Waals surface area contributed by atoms with Crippen LogP contribution in [0.1, 0.15) is 6.42 Å². The van der Waals surface area contributed by atoms with Gasteiger partial charge in [0.1, 0.15) is 18.4 Å². The number of nitrogens with one attached hydrogen (secondary N) is 1. The first-order chi connectivity index (χ1) is 13.4. The minimum Gasteiger partial charge on any atom is -0.358 e. The second-order valence-corrected chi connectivity index (χ2v) is 6.64. The van der Waals surface area contributed by atoms with E-state index in [1.807, 2.05) is 54.6 Å². The zero-order valence-electron chi connectivity index (χ0n) is 14.8. The second kappa shape index (κ2) is 7.10. The maximum absolute atomic E-state index is 12.6. The van der Waals surface area contributed by atoms with Gasteiger partial charge < -0.3 is 10.2 Å². The number of carbonyl (C=O) groups is 1. The molecule has 28 heavy (non-hydrogen) atoms. The quantitative estimate of drug-likeness (QED) is 0.740. The molecule has 1 aliphatic heterocycles. The van der Waals surface area contributed by atoms with Gasteiger partial charge in [-0.15, -0.1) is 0 Å². The van der Waals surface area contributed by atoms with Gasteiger partial charge in [0.25, 0.3) is 0 Å². The minimum atomic E-state index is -4.41. The topological polar surface area (TPSA) is 58.1 Å². The third-order valence-electron chi connectivity index (χ3n) is 4.61. The van der Waals surface area contributed by atoms with Crippen molar-refractivity contribution in [3.63, 3.8) is 0 Å². The van der Waals surface area contributed by atoms with E-state index < -0.39 is 24.7 Å². The van der Waals surface area contributed by atoms with Crippen LogP contribution in [-0.4, -0.2) is 46.1 Å². The van der Waals surface area contributed by atoms with Crippen LogP contribution in [0.25, 0.3) is 22.3 Å². The summed E-state index contributed by atoms with van der Waals surface area (Å²) in [5.74, 6) is 0.359. The smallest absolute Gasteiger partial charge is 0.358 e. The van der Waals surface area contributed by atoms with Gasteiger partial charge in [-0.2, -0.15) is 13.2 Å². The molecular weight excluding hydrogens is 369 g/mol. The van der Waals surface area contributed by atoms with Crippen molar-refractivity contribution in [2.75, 3.05) is 18.4 Å². The first kappa shape index (κ1) is 18.2. The van der Waals surface area contributed by atoms with Gasteiger partial charge in [0.05, 0.1) is 5.52 Å². The minimum absolute atomic E-state index is 0.0601. The molecule has 1 aliphatic rings. The molecule has 5 nitrogen and oxygen atoms in total. The van der Waals surface area contributed by atoms with Gasteiger partial charge >= 0.3 is 6.18 Å². The molecule has 0 aliphatic carbocycles. The number of rotatable bonds is 4. The fourth-order valence-electron chi connectivity index (χ4n) is 3.31. The molecule has 8 heteroatoms. The average molecular weight is 386 g/mol. The number of benzene rings is 2. The highest BCUT2D eigenvalue weighted by Crippen LogP contribution is 2.28. The number of para-hydroxylation sites is 1. The monoisotopic (exact) mass is 386 g/mol. The van der Waals surface area contributed by atoms with Crippen molar-refractivity contribution in [2.45, 2.75) is 18.6 Å². The Morgan fingerprint density at radius 2 is 1.75 bits per heavy atom. The van der Waals surface area contributed by atoms with E-state index in [-0.39, 0.29) is 13.0 Å². The number of halogens is 3. The number of carbonyl (C=O) groups excluding carboxylic acids is 1. The Morgan fingerprint density at radius 3 is 2.50 bits per heavy atom. The summed E-state index contributed by atoms with van der Waals surface area (Å²) in [6.07, 6.45) is -4.12. The summed E-state index contributed by atoms with van der Waals surface area (Å²) in [6, 6.07) is 16.0. The Morgan fingerprint density at radius 1 is 1.04 bits per heavy atom. The molecule has 1 saturated heterocycles. The van der Waals surface area contributed by atoms with Crippen LogP contribution in [0.2, 0.25) is 0 Å². The summed E-state index contributed by atoms with van der Waals surface area (Å²) >= 11 is 0. The SMILES string of the molecule is O=C1C(Nc2nc(-c3ccccc3)nc3ccccc23)CCN1CC(F)(F)F. The number of alkyl halides is 3. The highest BCUT2D eigenvalue weighted by molar-refractivity contribution is 5.94. The summed E-state index contributed by atoms with van der Waals surface area (Å²) in [5.41, 5.74) is 1.50. The van der Waals surface area contributed by atoms with Crippen LogP contribution in [0, 0.1) is 0 Å². The molecule has 1 amide bonds. The molecule has 1 unspecified atom stereocenters. The van der Waals surface area contributed by atoms with Crippen LogP contribution in [0.5, 0.6) is 0 Å². The largest absolute Gasteiger partial charge is 0.406 e. The zero-order valence-corrected chi connectivity index (χ0v) is 14.8. The molecule has 0 radical (unpaired) electrons. The van der Waals surface area contributed by atoms with Crippen molar-refractivity contribution in [3.8, 4) is 11.4 Å². The Balaban J connectivity index is 1.66. The van der Waals surface area contributed by atoms with E-state index >= 15 is 0 Å². The van der Waals surface area contributed by atoms with E-state index in [9.17, 15) is 18.0 Å². The van der Waals surface area contributed by atoms with Gasteiger partial charge in [0.2, 0.25) is 5.91 Å². The van der Waals surface area contributed by atoms with Crippen molar-refractivity contribution in [2.24, 2.45) is 0 Å². The third-order valence-corrected chi connectivity index (χ3v) is 4.61. The number of anilines is 1. The first-order valence-corrected chi connectivity index (χ1v) is 8.85. The number of hydrogen-bond donors (Lipinski definition) is 1. The summed E-state index contributed by atoms with van der Waals surface area (Å²) in [7, 11) is 0. The number of aromatic nitrogens is 2. The fourth-order valence-corrected chi connectivity index (χ4v) is 3.31. The highest BCUT2D eigenvalue weighted by Gasteiger charge is 2.39. The number of likely N-dealkylation sites (tertiary alicyclic amines) is 1. The van der Waals surface area contributed by atoms with Crippen LogP contribution >= 0.6 is 0 Å². The molecule has 2 heterocycles. The lowest BCUT2D eigenvalue weighted by atomic mass is 10.1. The molecule has 0 spiro atoms. The maximum Gasteiger partial charge on any atom is 0.406 e. The summed E-state index contributed by atoms with van der Waals surface area (Å²) in [5, 5.41) is 3.76. The highest BCUT2D eigenvalue weighted by atomic mass is 19.4. The number of fused-ring (bicyclic) bond motifs is 1. The van der Waals surface area contributed by atoms with Crippen LogP contribution in [0.3, 0.4) is 0 Å². The van der Waals surface area contributed by atoms with E-state index in [1.165, 1.54) is 0 Å². The molecule has 3 aromatic rings. The number of amides is 1. The van der Waals surface area contributed by atoms with Crippen LogP contribution in [-0.2, 0) is 4.79 Å². The van der Waals surface area contributed by atoms with Crippen molar-refractivity contribution in [1.29, 1.82) is 0 Å². The summed E-state index contributed by atoms with van der Waals surface area (Å²) in [6.45, 7) is -1.17. The summed E-state index contributed by atoms with van der Waals surface area (Å²) in [4.78, 5) is 22.4. The van der Waals surface area contributed by atoms with Gasteiger partial charge in [-0.25, -0.2) is 9.97 Å². The van der Waals surface area contributed by atoms with Crippen LogP contribution in [0.15, 0.2) is 54.6 Å². The molecular formula is C20H17F3N4O. The summed E-state index contributed by atoms with van der Waals surface area (Å²) < 4.78 is 37.9. The molecule has 2 aromatic carbocycles. The Hall–Kier alpha value is -3.16. The van der Waals surface area contributed by atoms with E-state index in [2.05, 4.69) is 15.3 Å². The Labute approximate surface area is 159 Å². The molecule has 1 fully saturated rings. The van der Waals surface area contributed by atoms with Gasteiger partial charge in [0, 0.05) is 17.5 Å². The standard InChI is InChI=1S/C20H17F3N4O/c21-20(22,23)12-27-11-10-16(19(27)28)25-18-14-8-4-5-9-15(14)24-17(26-18)13-6-2-1-3-7-13/h1-9,16H,10-12H2,(H,24,25,26). The van der Waals surface area contributed by atoms with E-state index in [0.717, 1.165) is 10.5 Å². The zero-order chi connectivity index (χ0) is 19.7. The maximum atomic E-state index is 12.6. The van der Waals surface area contributed by atoms with E-state index in [1.54, 1.807) is 0 Å². The Bertz CT molecular complexity index is 1010. The third kappa shape index (κ3) is 3.76. The molecule has 0 saturated carbocycles. The van der Waals surface area contributed by atoms with Gasteiger partial charge in [-0.05, 0) is 18.6 Å². The molecule has 1 atom stereocenters. The van der Waals surface area contributed by atoms with Crippen LogP contribution < -0.4 is 5.32 Å². The molecule has 4 rings (SSSR count). The molecule has 1 N–H and O–H groups in total. The average Bonchev–Trinajstić information content (AvgIpc) is 3.00. The Kier molecular flexibility index (Phi) is 4.62. The second-order valence-electron chi connectivity index (χ2n) is 6.64. The fraction of sp³-hybridized carbons (Fsp3) is 0.250. The van der Waals surface area contributed by atoms with E-state index in [0.29, 0.717) is 22.5 Å². The van der Waals surface area contributed by atoms with Crippen molar-refractivity contribution >= 4 is 22.6 Å². The first-order valence-electron chi connectivity index (χ1n) is 8.85. The van der Waals surface area contributed by atoms with Gasteiger partial charge in [0.15, 0.2) is 5.82 Å². The predicted octanol–water partition coefficient (Wildman–Crippen LogP) is 3.87. The van der Waals surface area contributed by atoms with Gasteiger partial charge in [-0.1, -0.05) is 42.5 Å². The van der Waals surface area contributed by atoms with Crippen molar-refractivity contribution < 1.29 is 18.0 Å². The normalized spacial score (nSPS) is 17.3.